The monoisotopic (exact) mass is 263 g/mol. The highest BCUT2D eigenvalue weighted by Crippen LogP contribution is 2.31. The predicted molar refractivity (Wildman–Crippen MR) is 64.0 cm³/mol. The van der Waals surface area contributed by atoms with Crippen molar-refractivity contribution in [2.45, 2.75) is 0 Å². The maximum atomic E-state index is 11.6. The summed E-state index contributed by atoms with van der Waals surface area (Å²) < 4.78 is 0. The van der Waals surface area contributed by atoms with Gasteiger partial charge in [-0.05, 0) is 6.08 Å². The Bertz CT molecular complexity index is 623. The Morgan fingerprint density at radius 3 is 2.63 bits per heavy atom. The maximum absolute atomic E-state index is 11.6. The van der Waals surface area contributed by atoms with Crippen molar-refractivity contribution in [2.75, 3.05) is 7.05 Å². The van der Waals surface area contributed by atoms with Crippen LogP contribution in [0.1, 0.15) is 5.56 Å². The first kappa shape index (κ1) is 12.6. The molecule has 19 heavy (non-hydrogen) atoms. The molecule has 8 nitrogen and oxygen atoms in total. The number of urea groups is 1. The van der Waals surface area contributed by atoms with Crippen LogP contribution in [0.3, 0.4) is 0 Å². The van der Waals surface area contributed by atoms with Gasteiger partial charge in [-0.2, -0.15) is 0 Å². The number of phenols is 1. The molecule has 3 amide bonds. The highest BCUT2D eigenvalue weighted by Gasteiger charge is 2.30. The average Bonchev–Trinajstić information content (AvgIpc) is 2.59. The van der Waals surface area contributed by atoms with Gasteiger partial charge in [-0.3, -0.25) is 19.8 Å². The number of para-hydroxylation sites is 1. The Kier molecular flexibility index (Phi) is 2.91. The molecule has 2 rings (SSSR count). The molecule has 0 radical (unpaired) electrons. The number of rotatable bonds is 2. The molecule has 0 aromatic heterocycles. The van der Waals surface area contributed by atoms with E-state index in [4.69, 9.17) is 0 Å². The first-order valence-corrected chi connectivity index (χ1v) is 5.19. The number of amides is 3. The number of carbonyl (C=O) groups is 2. The summed E-state index contributed by atoms with van der Waals surface area (Å²) in [6.45, 7) is 0. The number of likely N-dealkylation sites (N-methyl/N-ethyl adjacent to an activating group) is 1. The number of nitrogens with zero attached hydrogens (tertiary/aromatic N) is 2. The fourth-order valence-corrected chi connectivity index (χ4v) is 1.59. The smallest absolute Gasteiger partial charge is 0.328 e. The summed E-state index contributed by atoms with van der Waals surface area (Å²) >= 11 is 0. The number of nitrogens with one attached hydrogen (secondary N) is 1. The van der Waals surface area contributed by atoms with E-state index in [9.17, 15) is 24.8 Å². The van der Waals surface area contributed by atoms with E-state index in [1.165, 1.54) is 25.3 Å². The van der Waals surface area contributed by atoms with Crippen LogP contribution in [0.25, 0.3) is 6.08 Å². The Morgan fingerprint density at radius 1 is 1.42 bits per heavy atom. The van der Waals surface area contributed by atoms with Gasteiger partial charge in [0.1, 0.15) is 5.70 Å². The molecule has 1 saturated heterocycles. The molecule has 0 aliphatic carbocycles. The number of benzene rings is 1. The average molecular weight is 263 g/mol. The van der Waals surface area contributed by atoms with E-state index in [-0.39, 0.29) is 11.3 Å². The summed E-state index contributed by atoms with van der Waals surface area (Å²) in [6.07, 6.45) is 1.19. The Morgan fingerprint density at radius 2 is 2.11 bits per heavy atom. The fraction of sp³-hybridized carbons (Fsp3) is 0.0909. The van der Waals surface area contributed by atoms with Gasteiger partial charge in [0.15, 0.2) is 0 Å². The third kappa shape index (κ3) is 2.10. The zero-order valence-corrected chi connectivity index (χ0v) is 9.78. The molecule has 1 aromatic rings. The topological polar surface area (TPSA) is 113 Å². The first-order chi connectivity index (χ1) is 8.91. The highest BCUT2D eigenvalue weighted by molar-refractivity contribution is 6.13. The highest BCUT2D eigenvalue weighted by atomic mass is 16.6. The van der Waals surface area contributed by atoms with Gasteiger partial charge in [-0.15, -0.1) is 0 Å². The zero-order valence-electron chi connectivity index (χ0n) is 9.78. The van der Waals surface area contributed by atoms with Crippen LogP contribution >= 0.6 is 0 Å². The van der Waals surface area contributed by atoms with Gasteiger partial charge in [0.05, 0.1) is 4.92 Å². The molecule has 98 valence electrons. The lowest BCUT2D eigenvalue weighted by Gasteiger charge is -2.01. The largest absolute Gasteiger partial charge is 0.502 e. The second-order valence-electron chi connectivity index (χ2n) is 3.82. The summed E-state index contributed by atoms with van der Waals surface area (Å²) in [6, 6.07) is 3.31. The normalized spacial score (nSPS) is 16.9. The van der Waals surface area contributed by atoms with Gasteiger partial charge >= 0.3 is 11.7 Å². The molecular weight excluding hydrogens is 254 g/mol. The van der Waals surface area contributed by atoms with Crippen molar-refractivity contribution in [3.05, 3.63) is 39.6 Å². The molecule has 1 aliphatic rings. The van der Waals surface area contributed by atoms with Crippen molar-refractivity contribution in [3.63, 3.8) is 0 Å². The molecular formula is C11H9N3O5. The lowest BCUT2D eigenvalue weighted by atomic mass is 10.1. The van der Waals surface area contributed by atoms with Crippen LogP contribution in [-0.2, 0) is 4.79 Å². The molecule has 1 aromatic carbocycles. The number of aromatic hydroxyl groups is 1. The summed E-state index contributed by atoms with van der Waals surface area (Å²) in [7, 11) is 1.30. The van der Waals surface area contributed by atoms with E-state index in [0.717, 1.165) is 11.0 Å². The number of nitro benzene ring substituents is 1. The van der Waals surface area contributed by atoms with E-state index in [0.29, 0.717) is 0 Å². The van der Waals surface area contributed by atoms with Gasteiger partial charge < -0.3 is 10.4 Å². The van der Waals surface area contributed by atoms with Crippen LogP contribution < -0.4 is 5.32 Å². The Balaban J connectivity index is 2.45. The first-order valence-electron chi connectivity index (χ1n) is 5.19. The number of phenolic OH excluding ortho intramolecular Hbond substituents is 1. The third-order valence-corrected chi connectivity index (χ3v) is 2.62. The molecule has 2 N–H and O–H groups in total. The zero-order chi connectivity index (χ0) is 14.2. The molecule has 1 aliphatic heterocycles. The van der Waals surface area contributed by atoms with Crippen LogP contribution in [0.5, 0.6) is 5.75 Å². The molecule has 0 spiro atoms. The number of hydrogen-bond acceptors (Lipinski definition) is 5. The van der Waals surface area contributed by atoms with Crippen LogP contribution in [-0.4, -0.2) is 33.9 Å². The summed E-state index contributed by atoms with van der Waals surface area (Å²) in [5, 5.41) is 22.7. The van der Waals surface area contributed by atoms with Crippen molar-refractivity contribution in [1.82, 2.24) is 10.2 Å². The lowest BCUT2D eigenvalue weighted by molar-refractivity contribution is -0.385. The SMILES string of the molecule is CN1C(=O)N/C(=C/c2cccc([N+](=O)[O-])c2O)C1=O. The Hall–Kier alpha value is -2.90. The van der Waals surface area contributed by atoms with Crippen LogP contribution in [0.4, 0.5) is 10.5 Å². The molecule has 1 heterocycles. The van der Waals surface area contributed by atoms with Crippen LogP contribution in [0.15, 0.2) is 23.9 Å². The number of imide groups is 1. The van der Waals surface area contributed by atoms with E-state index >= 15 is 0 Å². The van der Waals surface area contributed by atoms with Crippen molar-refractivity contribution in [2.24, 2.45) is 0 Å². The summed E-state index contributed by atoms with van der Waals surface area (Å²) in [4.78, 5) is 33.6. The third-order valence-electron chi connectivity index (χ3n) is 2.62. The second kappa shape index (κ2) is 4.41. The number of carbonyl (C=O) groups excluding carboxylic acids is 2. The van der Waals surface area contributed by atoms with Crippen LogP contribution in [0.2, 0.25) is 0 Å². The van der Waals surface area contributed by atoms with Gasteiger partial charge in [-0.25, -0.2) is 4.79 Å². The summed E-state index contributed by atoms with van der Waals surface area (Å²) in [5.74, 6) is -1.13. The molecule has 0 unspecified atom stereocenters. The fourth-order valence-electron chi connectivity index (χ4n) is 1.59. The minimum atomic E-state index is -0.738. The van der Waals surface area contributed by atoms with Gasteiger partial charge in [0.25, 0.3) is 5.91 Å². The van der Waals surface area contributed by atoms with E-state index in [1.807, 2.05) is 0 Å². The van der Waals surface area contributed by atoms with Gasteiger partial charge in [0, 0.05) is 18.7 Å². The molecule has 0 saturated carbocycles. The van der Waals surface area contributed by atoms with Crippen molar-refractivity contribution >= 4 is 23.7 Å². The minimum Gasteiger partial charge on any atom is -0.502 e. The standard InChI is InChI=1S/C11H9N3O5/c1-13-10(16)7(12-11(13)17)5-6-3-2-4-8(9(6)15)14(18)19/h2-5,15H,1H3,(H,12,17)/b7-5+. The molecule has 1 fully saturated rings. The van der Waals surface area contributed by atoms with E-state index in [2.05, 4.69) is 5.32 Å². The number of hydrogen-bond donors (Lipinski definition) is 2. The van der Waals surface area contributed by atoms with Crippen molar-refractivity contribution in [1.29, 1.82) is 0 Å². The molecule has 0 atom stereocenters. The van der Waals surface area contributed by atoms with E-state index < -0.39 is 28.3 Å². The minimum absolute atomic E-state index is 0.0525. The van der Waals surface area contributed by atoms with Crippen LogP contribution in [0, 0.1) is 10.1 Å². The maximum Gasteiger partial charge on any atom is 0.328 e. The quantitative estimate of drug-likeness (QED) is 0.355. The Labute approximate surface area is 107 Å². The van der Waals surface area contributed by atoms with Crippen molar-refractivity contribution < 1.29 is 19.6 Å². The van der Waals surface area contributed by atoms with Gasteiger partial charge in [0.2, 0.25) is 5.75 Å². The molecule has 8 heteroatoms. The number of nitro groups is 1. The predicted octanol–water partition coefficient (Wildman–Crippen LogP) is 0.823. The second-order valence-corrected chi connectivity index (χ2v) is 3.82. The van der Waals surface area contributed by atoms with Crippen molar-refractivity contribution in [3.8, 4) is 5.75 Å². The lowest BCUT2D eigenvalue weighted by Crippen LogP contribution is -2.25. The van der Waals surface area contributed by atoms with Gasteiger partial charge in [-0.1, -0.05) is 12.1 Å². The summed E-state index contributed by atoms with van der Waals surface area (Å²) in [5.41, 5.74) is -0.448. The van der Waals surface area contributed by atoms with E-state index in [1.54, 1.807) is 0 Å². The molecule has 0 bridgehead atoms.